The van der Waals surface area contributed by atoms with Crippen molar-refractivity contribution in [3.63, 3.8) is 0 Å². The molecule has 0 heterocycles. The third-order valence-electron chi connectivity index (χ3n) is 4.94. The molecule has 0 bridgehead atoms. The Morgan fingerprint density at radius 2 is 0.733 bits per heavy atom. The van der Waals surface area contributed by atoms with Gasteiger partial charge in [0.1, 0.15) is 12.1 Å². The summed E-state index contributed by atoms with van der Waals surface area (Å²) >= 11 is 0. The summed E-state index contributed by atoms with van der Waals surface area (Å²) in [6.07, 6.45) is 0. The Morgan fingerprint density at radius 1 is 0.444 bits per heavy atom. The maximum Gasteiger partial charge on any atom is 0.328 e. The first-order valence-electron chi connectivity index (χ1n) is 12.8. The summed E-state index contributed by atoms with van der Waals surface area (Å²) < 4.78 is 0. The SMILES string of the molecule is NCC(=O)NCC(=O)NCC(=O)NCC(=O)NC(CO)C(=O)NCC(=O)NCC(=O)NCC(=O)NCC(=O)NC(CO)C(=O)O. The first-order valence-corrected chi connectivity index (χ1v) is 12.8. The van der Waals surface area contributed by atoms with E-state index in [9.17, 15) is 53.1 Å². The first-order chi connectivity index (χ1) is 21.2. The van der Waals surface area contributed by atoms with Crippen LogP contribution in [0.4, 0.5) is 0 Å². The molecule has 45 heavy (non-hydrogen) atoms. The highest BCUT2D eigenvalue weighted by atomic mass is 16.4. The van der Waals surface area contributed by atoms with Crippen LogP contribution in [-0.4, -0.2) is 152 Å². The standard InChI is InChI=1S/C22H36N10O13/c23-1-13(35)24-2-14(36)25-4-16(38)28-7-19(41)31-11(9-33)21(43)30-6-18(40)27-3-15(37)26-5-17(39)29-8-20(42)32-12(10-34)22(44)45/h11-12,33-34H,1-10,23H2,(H,24,35)(H,25,36)(H,26,37)(H,27,40)(H,28,38)(H,29,39)(H,30,43)(H,31,41)(H,32,42)(H,44,45). The van der Waals surface area contributed by atoms with Gasteiger partial charge in [0.15, 0.2) is 0 Å². The third-order valence-corrected chi connectivity index (χ3v) is 4.94. The van der Waals surface area contributed by atoms with E-state index in [2.05, 4.69) is 42.5 Å². The van der Waals surface area contributed by atoms with Crippen LogP contribution in [-0.2, 0) is 47.9 Å². The second-order valence-corrected chi connectivity index (χ2v) is 8.53. The van der Waals surface area contributed by atoms with Gasteiger partial charge in [0.2, 0.25) is 53.2 Å². The lowest BCUT2D eigenvalue weighted by atomic mass is 10.3. The number of hydrogen-bond acceptors (Lipinski definition) is 13. The van der Waals surface area contributed by atoms with Gasteiger partial charge >= 0.3 is 5.97 Å². The second-order valence-electron chi connectivity index (χ2n) is 8.53. The predicted molar refractivity (Wildman–Crippen MR) is 146 cm³/mol. The Hall–Kier alpha value is -5.42. The average Bonchev–Trinajstić information content (AvgIpc) is 3.01. The van der Waals surface area contributed by atoms with Crippen molar-refractivity contribution in [1.29, 1.82) is 0 Å². The summed E-state index contributed by atoms with van der Waals surface area (Å²) in [7, 11) is 0. The number of aliphatic hydroxyl groups excluding tert-OH is 2. The number of carboxylic acids is 1. The highest BCUT2D eigenvalue weighted by Crippen LogP contribution is 1.85. The fraction of sp³-hybridized carbons (Fsp3) is 0.545. The van der Waals surface area contributed by atoms with Crippen molar-refractivity contribution in [2.24, 2.45) is 5.73 Å². The molecule has 0 radical (unpaired) electrons. The van der Waals surface area contributed by atoms with Crippen LogP contribution in [0.2, 0.25) is 0 Å². The molecule has 2 unspecified atom stereocenters. The zero-order chi connectivity index (χ0) is 34.4. The fourth-order valence-corrected chi connectivity index (χ4v) is 2.62. The number of aliphatic carboxylic acids is 1. The molecule has 252 valence electrons. The van der Waals surface area contributed by atoms with E-state index in [0.717, 1.165) is 0 Å². The van der Waals surface area contributed by atoms with Crippen molar-refractivity contribution in [1.82, 2.24) is 47.9 Å². The number of carbonyl (C=O) groups is 10. The molecule has 0 aromatic heterocycles. The van der Waals surface area contributed by atoms with E-state index in [1.807, 2.05) is 5.32 Å². The topological polar surface area (TPSA) is 366 Å². The van der Waals surface area contributed by atoms with Crippen molar-refractivity contribution >= 4 is 59.1 Å². The Kier molecular flexibility index (Phi) is 19.5. The van der Waals surface area contributed by atoms with E-state index in [1.54, 1.807) is 0 Å². The minimum absolute atomic E-state index is 0.327. The van der Waals surface area contributed by atoms with Gasteiger partial charge < -0.3 is 68.9 Å². The highest BCUT2D eigenvalue weighted by Gasteiger charge is 2.21. The Morgan fingerprint density at radius 3 is 1.04 bits per heavy atom. The number of nitrogens with two attached hydrogens (primary N) is 1. The van der Waals surface area contributed by atoms with Crippen LogP contribution in [0.15, 0.2) is 0 Å². The van der Waals surface area contributed by atoms with E-state index in [-0.39, 0.29) is 6.54 Å². The molecule has 0 aliphatic rings. The number of rotatable bonds is 21. The number of nitrogens with one attached hydrogen (secondary N) is 9. The minimum atomic E-state index is -1.56. The normalized spacial score (nSPS) is 11.4. The number of aliphatic hydroxyl groups is 2. The lowest BCUT2D eigenvalue weighted by molar-refractivity contribution is -0.142. The molecule has 23 heteroatoms. The van der Waals surface area contributed by atoms with Gasteiger partial charge in [-0.05, 0) is 0 Å². The Bertz CT molecular complexity index is 1120. The molecule has 0 saturated carbocycles. The molecule has 0 aliphatic heterocycles. The van der Waals surface area contributed by atoms with Crippen molar-refractivity contribution in [2.45, 2.75) is 12.1 Å². The maximum absolute atomic E-state index is 12.2. The van der Waals surface area contributed by atoms with Gasteiger partial charge in [0.25, 0.3) is 0 Å². The summed E-state index contributed by atoms with van der Waals surface area (Å²) in [4.78, 5) is 116. The summed E-state index contributed by atoms with van der Waals surface area (Å²) in [5.74, 6) is -8.88. The summed E-state index contributed by atoms with van der Waals surface area (Å²) in [5, 5.41) is 45.9. The van der Waals surface area contributed by atoms with Crippen LogP contribution < -0.4 is 53.6 Å². The highest BCUT2D eigenvalue weighted by molar-refractivity contribution is 5.94. The number of carboxylic acid groups (broad SMARTS) is 1. The van der Waals surface area contributed by atoms with Crippen LogP contribution in [0.25, 0.3) is 0 Å². The average molecular weight is 649 g/mol. The van der Waals surface area contributed by atoms with E-state index >= 15 is 0 Å². The van der Waals surface area contributed by atoms with Gasteiger partial charge in [-0.2, -0.15) is 0 Å². The van der Waals surface area contributed by atoms with Crippen LogP contribution in [0.3, 0.4) is 0 Å². The minimum Gasteiger partial charge on any atom is -0.480 e. The molecule has 0 fully saturated rings. The van der Waals surface area contributed by atoms with Crippen LogP contribution in [0.1, 0.15) is 0 Å². The molecule has 0 aliphatic carbocycles. The van der Waals surface area contributed by atoms with Gasteiger partial charge in [-0.25, -0.2) is 4.79 Å². The number of carbonyl (C=O) groups excluding carboxylic acids is 9. The lowest BCUT2D eigenvalue weighted by Crippen LogP contribution is -2.53. The van der Waals surface area contributed by atoms with E-state index in [4.69, 9.17) is 15.9 Å². The van der Waals surface area contributed by atoms with Gasteiger partial charge in [0, 0.05) is 0 Å². The van der Waals surface area contributed by atoms with Gasteiger partial charge in [-0.15, -0.1) is 0 Å². The number of hydrogen-bond donors (Lipinski definition) is 13. The predicted octanol–water partition coefficient (Wildman–Crippen LogP) is -10.2. The maximum atomic E-state index is 12.2. The van der Waals surface area contributed by atoms with Crippen molar-refractivity contribution in [3.8, 4) is 0 Å². The van der Waals surface area contributed by atoms with E-state index < -0.39 is 130 Å². The summed E-state index contributed by atoms with van der Waals surface area (Å²) in [6, 6.07) is -3.08. The molecule has 0 saturated heterocycles. The smallest absolute Gasteiger partial charge is 0.328 e. The second kappa shape index (κ2) is 22.2. The molecule has 9 amide bonds. The van der Waals surface area contributed by atoms with Crippen LogP contribution in [0.5, 0.6) is 0 Å². The van der Waals surface area contributed by atoms with Crippen molar-refractivity contribution in [2.75, 3.05) is 65.6 Å². The monoisotopic (exact) mass is 648 g/mol. The zero-order valence-electron chi connectivity index (χ0n) is 23.7. The molecule has 2 atom stereocenters. The van der Waals surface area contributed by atoms with Crippen molar-refractivity contribution < 1.29 is 63.3 Å². The third kappa shape index (κ3) is 19.4. The summed E-state index contributed by atoms with van der Waals surface area (Å²) in [5.41, 5.74) is 5.06. The Balaban J connectivity index is 4.27. The van der Waals surface area contributed by atoms with Crippen LogP contribution >= 0.6 is 0 Å². The largest absolute Gasteiger partial charge is 0.480 e. The number of amides is 9. The molecule has 0 aromatic carbocycles. The first kappa shape index (κ1) is 39.6. The molecule has 0 rings (SSSR count). The molecular formula is C22H36N10O13. The van der Waals surface area contributed by atoms with Crippen LogP contribution in [0, 0.1) is 0 Å². The molecule has 0 aromatic rings. The zero-order valence-corrected chi connectivity index (χ0v) is 23.7. The fourth-order valence-electron chi connectivity index (χ4n) is 2.62. The van der Waals surface area contributed by atoms with Gasteiger partial charge in [0.05, 0.1) is 65.6 Å². The van der Waals surface area contributed by atoms with Gasteiger partial charge in [-0.3, -0.25) is 43.2 Å². The summed E-state index contributed by atoms with van der Waals surface area (Å²) in [6.45, 7) is -6.22. The quantitative estimate of drug-likeness (QED) is 0.0550. The molecule has 14 N–H and O–H groups in total. The van der Waals surface area contributed by atoms with E-state index in [1.165, 1.54) is 0 Å². The lowest BCUT2D eigenvalue weighted by Gasteiger charge is -2.16. The van der Waals surface area contributed by atoms with Crippen molar-refractivity contribution in [3.05, 3.63) is 0 Å². The Labute approximate surface area is 254 Å². The van der Waals surface area contributed by atoms with E-state index in [0.29, 0.717) is 0 Å². The molecule has 0 spiro atoms. The molecular weight excluding hydrogens is 612 g/mol. The molecule has 23 nitrogen and oxygen atoms in total. The van der Waals surface area contributed by atoms with Gasteiger partial charge in [-0.1, -0.05) is 0 Å².